The number of nitrogens with zero attached hydrogens (tertiary/aromatic N) is 2. The molecule has 0 radical (unpaired) electrons. The Morgan fingerprint density at radius 1 is 0.786 bits per heavy atom. The van der Waals surface area contributed by atoms with Gasteiger partial charge in [-0.25, -0.2) is 0 Å². The normalized spacial score (nSPS) is 14.0. The quantitative estimate of drug-likeness (QED) is 0.633. The number of hydrogen-bond donors (Lipinski definition) is 0. The highest BCUT2D eigenvalue weighted by molar-refractivity contribution is 5.16. The standard InChI is InChI=1S/2C13H17N/c2*1-4-10-14(3)12(2)11-13-8-6-5-7-9-13/h2*1,5-9,12H,10-11H2,2-3H3/t2*12-/m11/s1/i3-1,10D2;3-1. The van der Waals surface area contributed by atoms with Crippen LogP contribution >= 0.6 is 0 Å². The molecule has 0 fully saturated rings. The van der Waals surface area contributed by atoms with Crippen molar-refractivity contribution in [3.63, 3.8) is 0 Å². The number of benzene rings is 2. The summed E-state index contributed by atoms with van der Waals surface area (Å²) in [7, 11) is 3.78. The summed E-state index contributed by atoms with van der Waals surface area (Å²) in [6, 6.07) is 21.1. The molecule has 2 heteroatoms. The van der Waals surface area contributed by atoms with Gasteiger partial charge in [-0.3, -0.25) is 9.80 Å². The van der Waals surface area contributed by atoms with Gasteiger partial charge in [0, 0.05) is 12.1 Å². The topological polar surface area (TPSA) is 6.48 Å². The van der Waals surface area contributed by atoms with Crippen LogP contribution in [-0.2, 0) is 12.8 Å². The lowest BCUT2D eigenvalue weighted by molar-refractivity contribution is 0.287. The Bertz CT molecular complexity index is 806. The Morgan fingerprint density at radius 2 is 1.21 bits per heavy atom. The molecular weight excluding hydrogens is 338 g/mol. The molecule has 0 heterocycles. The summed E-state index contributed by atoms with van der Waals surface area (Å²) in [6.07, 6.45) is 12.3. The van der Waals surface area contributed by atoms with E-state index in [1.807, 2.05) is 43.3 Å². The third-order valence-electron chi connectivity index (χ3n) is 4.74. The Morgan fingerprint density at radius 3 is 1.61 bits per heavy atom. The van der Waals surface area contributed by atoms with Gasteiger partial charge in [-0.05, 0) is 51.9 Å². The smallest absolute Gasteiger partial charge is 0.0598 e. The van der Waals surface area contributed by atoms with Crippen LogP contribution in [0.15, 0.2) is 60.7 Å². The molecule has 2 aromatic carbocycles. The van der Waals surface area contributed by atoms with Gasteiger partial charge >= 0.3 is 0 Å². The molecule has 0 bridgehead atoms. The van der Waals surface area contributed by atoms with Crippen molar-refractivity contribution in [2.75, 3.05) is 27.1 Å². The average molecular weight is 375 g/mol. The predicted molar refractivity (Wildman–Crippen MR) is 122 cm³/mol. The van der Waals surface area contributed by atoms with Crippen LogP contribution in [0.4, 0.5) is 0 Å². The molecule has 0 saturated carbocycles. The van der Waals surface area contributed by atoms with Crippen molar-refractivity contribution in [2.24, 2.45) is 0 Å². The number of hydrogen-bond acceptors (Lipinski definition) is 2. The number of rotatable bonds is 8. The largest absolute Gasteiger partial charge is 0.292 e. The molecule has 0 spiro atoms. The third kappa shape index (κ3) is 9.43. The van der Waals surface area contributed by atoms with Crippen LogP contribution in [-0.4, -0.2) is 49.0 Å². The first kappa shape index (κ1) is 20.2. The van der Waals surface area contributed by atoms with E-state index in [1.165, 1.54) is 11.1 Å². The lowest BCUT2D eigenvalue weighted by Crippen LogP contribution is -2.31. The molecular formula is C26H34N2. The molecule has 2 rings (SSSR count). The fraction of sp³-hybridized carbons (Fsp3) is 0.385. The van der Waals surface area contributed by atoms with E-state index in [-0.39, 0.29) is 6.04 Å². The first-order valence-electron chi connectivity index (χ1n) is 10.6. The molecule has 0 N–H and O–H groups in total. The first-order chi connectivity index (χ1) is 14.2. The highest BCUT2D eigenvalue weighted by atomic mass is 15.1. The van der Waals surface area contributed by atoms with E-state index < -0.39 is 6.50 Å². The summed E-state index contributed by atoms with van der Waals surface area (Å²) in [5, 5.41) is 0. The van der Waals surface area contributed by atoms with Crippen molar-refractivity contribution < 1.29 is 2.74 Å². The highest BCUT2D eigenvalue weighted by Crippen LogP contribution is 2.07. The van der Waals surface area contributed by atoms with Gasteiger partial charge in [0.1, 0.15) is 0 Å². The SMILES string of the molecule is C#CCN([11CH3])[C@H](C)Cc1ccccc1.[2H]C([2H])(C#C)N([11CH3])[C@H](C)Cc1ccccc1. The molecule has 0 aliphatic rings. The molecule has 0 saturated heterocycles. The van der Waals surface area contributed by atoms with Crippen LogP contribution in [0.3, 0.4) is 0 Å². The van der Waals surface area contributed by atoms with Crippen LogP contribution < -0.4 is 0 Å². The summed E-state index contributed by atoms with van der Waals surface area (Å²) in [6.45, 7) is 3.20. The van der Waals surface area contributed by atoms with Gasteiger partial charge in [0.05, 0.1) is 15.8 Å². The van der Waals surface area contributed by atoms with E-state index in [4.69, 9.17) is 15.6 Å². The summed E-state index contributed by atoms with van der Waals surface area (Å²) in [4.78, 5) is 3.77. The molecule has 0 aromatic heterocycles. The predicted octanol–water partition coefficient (Wildman–Crippen LogP) is 4.37. The number of terminal acetylenes is 2. The minimum atomic E-state index is -1.69. The van der Waals surface area contributed by atoms with Crippen LogP contribution in [0.5, 0.6) is 0 Å². The molecule has 2 nitrogen and oxygen atoms in total. The number of likely N-dealkylation sites (N-methyl/N-ethyl adjacent to an activating group) is 2. The maximum atomic E-state index is 7.63. The van der Waals surface area contributed by atoms with E-state index in [9.17, 15) is 0 Å². The Labute approximate surface area is 175 Å². The monoisotopic (exact) mass is 374 g/mol. The Kier molecular flexibility index (Phi) is 9.83. The second kappa shape index (κ2) is 13.6. The van der Waals surface area contributed by atoms with Crippen molar-refractivity contribution in [1.82, 2.24) is 9.80 Å². The van der Waals surface area contributed by atoms with Crippen LogP contribution in [0, 0.1) is 24.7 Å². The van der Waals surface area contributed by atoms with Crippen LogP contribution in [0.1, 0.15) is 27.7 Å². The van der Waals surface area contributed by atoms with Gasteiger partial charge in [0.2, 0.25) is 0 Å². The Balaban J connectivity index is 0.000000303. The van der Waals surface area contributed by atoms with Crippen molar-refractivity contribution >= 4 is 0 Å². The summed E-state index contributed by atoms with van der Waals surface area (Å²) in [5.74, 6) is 4.83. The fourth-order valence-corrected chi connectivity index (χ4v) is 2.72. The van der Waals surface area contributed by atoms with Crippen LogP contribution in [0.2, 0.25) is 0 Å². The van der Waals surface area contributed by atoms with E-state index in [1.54, 1.807) is 11.9 Å². The average Bonchev–Trinajstić information content (AvgIpc) is 2.75. The molecule has 0 aliphatic heterocycles. The van der Waals surface area contributed by atoms with Gasteiger partial charge in [0.15, 0.2) is 0 Å². The molecule has 0 amide bonds. The summed E-state index contributed by atoms with van der Waals surface area (Å²) < 4.78 is 15.3. The highest BCUT2D eigenvalue weighted by Gasteiger charge is 2.08. The van der Waals surface area contributed by atoms with Gasteiger partial charge in [-0.1, -0.05) is 72.5 Å². The third-order valence-corrected chi connectivity index (χ3v) is 4.74. The second-order valence-corrected chi connectivity index (χ2v) is 7.06. The maximum Gasteiger partial charge on any atom is 0.0598 e. The fourth-order valence-electron chi connectivity index (χ4n) is 2.72. The van der Waals surface area contributed by atoms with Crippen LogP contribution in [0.25, 0.3) is 0 Å². The van der Waals surface area contributed by atoms with E-state index in [0.717, 1.165) is 12.8 Å². The van der Waals surface area contributed by atoms with Crippen molar-refractivity contribution in [3.8, 4) is 24.7 Å². The lowest BCUT2D eigenvalue weighted by Gasteiger charge is -2.22. The van der Waals surface area contributed by atoms with Gasteiger partial charge in [-0.2, -0.15) is 0 Å². The molecule has 148 valence electrons. The molecule has 2 aromatic rings. The minimum Gasteiger partial charge on any atom is -0.292 e. The van der Waals surface area contributed by atoms with E-state index in [0.29, 0.717) is 12.6 Å². The van der Waals surface area contributed by atoms with Crippen molar-refractivity contribution in [2.45, 2.75) is 38.8 Å². The van der Waals surface area contributed by atoms with Crippen molar-refractivity contribution in [3.05, 3.63) is 71.8 Å². The van der Waals surface area contributed by atoms with E-state index in [2.05, 4.69) is 55.0 Å². The van der Waals surface area contributed by atoms with Crippen molar-refractivity contribution in [1.29, 1.82) is 0 Å². The van der Waals surface area contributed by atoms with E-state index >= 15 is 0 Å². The summed E-state index contributed by atoms with van der Waals surface area (Å²) >= 11 is 0. The summed E-state index contributed by atoms with van der Waals surface area (Å²) in [5.41, 5.74) is 2.55. The zero-order chi connectivity index (χ0) is 22.6. The van der Waals surface area contributed by atoms with Gasteiger partial charge in [-0.15, -0.1) is 12.8 Å². The van der Waals surface area contributed by atoms with Gasteiger partial charge < -0.3 is 0 Å². The first-order valence-corrected chi connectivity index (χ1v) is 9.63. The molecule has 0 unspecified atom stereocenters. The maximum absolute atomic E-state index is 7.63. The Hall–Kier alpha value is -2.52. The zero-order valence-corrected chi connectivity index (χ0v) is 17.6. The molecule has 2 atom stereocenters. The lowest BCUT2D eigenvalue weighted by atomic mass is 10.0. The molecule has 28 heavy (non-hydrogen) atoms. The minimum absolute atomic E-state index is 0.0634. The molecule has 0 aliphatic carbocycles. The van der Waals surface area contributed by atoms with Gasteiger partial charge in [0.25, 0.3) is 0 Å². The zero-order valence-electron chi connectivity index (χ0n) is 19.6. The second-order valence-electron chi connectivity index (χ2n) is 7.06.